The average Bonchev–Trinajstić information content (AvgIpc) is 1.90. The summed E-state index contributed by atoms with van der Waals surface area (Å²) in [6.45, 7) is 8.28. The predicted octanol–water partition coefficient (Wildman–Crippen LogP) is 0.480. The number of hydrazine groups is 1. The lowest BCUT2D eigenvalue weighted by atomic mass is 10.5. The molecule has 0 saturated carbocycles. The number of nitrogens with two attached hydrogens (primary N) is 1. The van der Waals surface area contributed by atoms with Crippen molar-refractivity contribution in [2.24, 2.45) is 5.73 Å². The first kappa shape index (κ1) is 9.88. The normalized spacial score (nSPS) is 14.7. The molecule has 0 aromatic heterocycles. The molecule has 0 aliphatic rings. The Kier molecular flexibility index (Phi) is 4.60. The minimum absolute atomic E-state index is 0.111. The third kappa shape index (κ3) is 2.64. The zero-order chi connectivity index (χ0) is 8.15. The van der Waals surface area contributed by atoms with Gasteiger partial charge >= 0.3 is 0 Å². The smallest absolute Gasteiger partial charge is 0.0678 e. The van der Waals surface area contributed by atoms with Crippen LogP contribution < -0.4 is 5.73 Å². The SMILES string of the molecule is CCN(CC)N(C)C(C)N. The molecule has 3 nitrogen and oxygen atoms in total. The van der Waals surface area contributed by atoms with Crippen LogP contribution in [0.3, 0.4) is 0 Å². The topological polar surface area (TPSA) is 32.5 Å². The molecule has 2 N–H and O–H groups in total. The van der Waals surface area contributed by atoms with Crippen LogP contribution in [0.1, 0.15) is 20.8 Å². The van der Waals surface area contributed by atoms with E-state index in [0.29, 0.717) is 0 Å². The summed E-state index contributed by atoms with van der Waals surface area (Å²) < 4.78 is 0. The van der Waals surface area contributed by atoms with Crippen molar-refractivity contribution >= 4 is 0 Å². The van der Waals surface area contributed by atoms with Crippen LogP contribution >= 0.6 is 0 Å². The second-order valence-electron chi connectivity index (χ2n) is 2.45. The largest absolute Gasteiger partial charge is 0.315 e. The highest BCUT2D eigenvalue weighted by Gasteiger charge is 2.08. The van der Waals surface area contributed by atoms with Gasteiger partial charge in [-0.1, -0.05) is 13.8 Å². The molecule has 0 saturated heterocycles. The van der Waals surface area contributed by atoms with Crippen LogP contribution in [0, 0.1) is 0 Å². The van der Waals surface area contributed by atoms with Gasteiger partial charge in [0.25, 0.3) is 0 Å². The van der Waals surface area contributed by atoms with E-state index in [4.69, 9.17) is 5.73 Å². The Hall–Kier alpha value is -0.120. The number of hydrogen-bond donors (Lipinski definition) is 1. The monoisotopic (exact) mass is 145 g/mol. The van der Waals surface area contributed by atoms with E-state index in [-0.39, 0.29) is 6.17 Å². The average molecular weight is 145 g/mol. The molecule has 10 heavy (non-hydrogen) atoms. The van der Waals surface area contributed by atoms with E-state index in [2.05, 4.69) is 23.9 Å². The minimum Gasteiger partial charge on any atom is -0.315 e. The molecule has 0 rings (SSSR count). The van der Waals surface area contributed by atoms with E-state index >= 15 is 0 Å². The van der Waals surface area contributed by atoms with E-state index < -0.39 is 0 Å². The maximum Gasteiger partial charge on any atom is 0.0678 e. The fraction of sp³-hybridized carbons (Fsp3) is 1.00. The van der Waals surface area contributed by atoms with Gasteiger partial charge in [0.05, 0.1) is 6.17 Å². The molecule has 1 atom stereocenters. The number of nitrogens with zero attached hydrogens (tertiary/aromatic N) is 2. The van der Waals surface area contributed by atoms with Crippen LogP contribution in [0.5, 0.6) is 0 Å². The quantitative estimate of drug-likeness (QED) is 0.461. The standard InChI is InChI=1S/C7H19N3/c1-5-10(6-2)9(4)7(3)8/h7H,5-6,8H2,1-4H3. The van der Waals surface area contributed by atoms with Crippen molar-refractivity contribution in [2.75, 3.05) is 20.1 Å². The van der Waals surface area contributed by atoms with Crippen molar-refractivity contribution < 1.29 is 0 Å². The molecule has 0 bridgehead atoms. The Morgan fingerprint density at radius 3 is 1.80 bits per heavy atom. The van der Waals surface area contributed by atoms with Gasteiger partial charge in [0.15, 0.2) is 0 Å². The Labute approximate surface area is 63.8 Å². The molecule has 0 heterocycles. The van der Waals surface area contributed by atoms with Gasteiger partial charge in [-0.25, -0.2) is 10.0 Å². The fourth-order valence-corrected chi connectivity index (χ4v) is 0.927. The number of rotatable bonds is 4. The summed E-state index contributed by atoms with van der Waals surface area (Å²) >= 11 is 0. The third-order valence-electron chi connectivity index (χ3n) is 1.77. The van der Waals surface area contributed by atoms with Crippen LogP contribution in [0.25, 0.3) is 0 Å². The first-order chi connectivity index (χ1) is 4.63. The molecule has 0 fully saturated rings. The van der Waals surface area contributed by atoms with Gasteiger partial charge in [0.2, 0.25) is 0 Å². The Morgan fingerprint density at radius 2 is 1.70 bits per heavy atom. The summed E-state index contributed by atoms with van der Waals surface area (Å²) in [5, 5.41) is 4.25. The summed E-state index contributed by atoms with van der Waals surface area (Å²) in [6, 6.07) is 0. The maximum absolute atomic E-state index is 5.67. The van der Waals surface area contributed by atoms with Crippen molar-refractivity contribution in [3.63, 3.8) is 0 Å². The predicted molar refractivity (Wildman–Crippen MR) is 44.3 cm³/mol. The molecule has 0 aliphatic carbocycles. The van der Waals surface area contributed by atoms with Crippen molar-refractivity contribution in [2.45, 2.75) is 26.9 Å². The highest BCUT2D eigenvalue weighted by molar-refractivity contribution is 4.52. The Balaban J connectivity index is 3.76. The van der Waals surface area contributed by atoms with Crippen molar-refractivity contribution in [1.29, 1.82) is 0 Å². The van der Waals surface area contributed by atoms with Gasteiger partial charge < -0.3 is 5.73 Å². The summed E-state index contributed by atoms with van der Waals surface area (Å²) in [5.41, 5.74) is 5.67. The van der Waals surface area contributed by atoms with Gasteiger partial charge in [-0.15, -0.1) is 0 Å². The zero-order valence-corrected chi connectivity index (χ0v) is 7.46. The fourth-order valence-electron chi connectivity index (χ4n) is 0.927. The lowest BCUT2D eigenvalue weighted by Gasteiger charge is -2.32. The van der Waals surface area contributed by atoms with Crippen molar-refractivity contribution in [3.05, 3.63) is 0 Å². The molecule has 0 spiro atoms. The molecule has 3 heteroatoms. The van der Waals surface area contributed by atoms with Crippen LogP contribution in [0.4, 0.5) is 0 Å². The second kappa shape index (κ2) is 4.66. The second-order valence-corrected chi connectivity index (χ2v) is 2.45. The highest BCUT2D eigenvalue weighted by atomic mass is 15.6. The van der Waals surface area contributed by atoms with E-state index in [0.717, 1.165) is 13.1 Å². The highest BCUT2D eigenvalue weighted by Crippen LogP contribution is 1.95. The van der Waals surface area contributed by atoms with Gasteiger partial charge in [-0.2, -0.15) is 0 Å². The van der Waals surface area contributed by atoms with E-state index in [1.54, 1.807) is 0 Å². The van der Waals surface area contributed by atoms with Crippen LogP contribution in [-0.2, 0) is 0 Å². The molecule has 1 unspecified atom stereocenters. The van der Waals surface area contributed by atoms with E-state index in [1.807, 2.05) is 14.0 Å². The molecule has 0 aromatic carbocycles. The van der Waals surface area contributed by atoms with E-state index in [1.165, 1.54) is 0 Å². The van der Waals surface area contributed by atoms with Crippen LogP contribution in [0.2, 0.25) is 0 Å². The summed E-state index contributed by atoms with van der Waals surface area (Å²) in [4.78, 5) is 0. The van der Waals surface area contributed by atoms with Gasteiger partial charge in [0, 0.05) is 20.1 Å². The molecule has 0 radical (unpaired) electrons. The zero-order valence-electron chi connectivity index (χ0n) is 7.46. The van der Waals surface area contributed by atoms with Gasteiger partial charge in [0.1, 0.15) is 0 Å². The molecular formula is C7H19N3. The summed E-state index contributed by atoms with van der Waals surface area (Å²) in [7, 11) is 2.01. The number of hydrogen-bond acceptors (Lipinski definition) is 3. The van der Waals surface area contributed by atoms with Gasteiger partial charge in [-0.3, -0.25) is 0 Å². The molecule has 0 amide bonds. The Morgan fingerprint density at radius 1 is 1.30 bits per heavy atom. The first-order valence-electron chi connectivity index (χ1n) is 3.86. The lowest BCUT2D eigenvalue weighted by Crippen LogP contribution is -2.48. The van der Waals surface area contributed by atoms with E-state index in [9.17, 15) is 0 Å². The first-order valence-corrected chi connectivity index (χ1v) is 3.86. The third-order valence-corrected chi connectivity index (χ3v) is 1.77. The molecule has 0 aliphatic heterocycles. The molecule has 0 aromatic rings. The van der Waals surface area contributed by atoms with Crippen LogP contribution in [-0.4, -0.2) is 36.3 Å². The van der Waals surface area contributed by atoms with Gasteiger partial charge in [-0.05, 0) is 6.92 Å². The maximum atomic E-state index is 5.67. The van der Waals surface area contributed by atoms with Crippen molar-refractivity contribution in [3.8, 4) is 0 Å². The van der Waals surface area contributed by atoms with Crippen LogP contribution in [0.15, 0.2) is 0 Å². The summed E-state index contributed by atoms with van der Waals surface area (Å²) in [6.07, 6.45) is 0.111. The summed E-state index contributed by atoms with van der Waals surface area (Å²) in [5.74, 6) is 0. The Bertz CT molecular complexity index is 78.9. The molecular weight excluding hydrogens is 126 g/mol. The lowest BCUT2D eigenvalue weighted by molar-refractivity contribution is -0.0211. The molecule has 62 valence electrons. The minimum atomic E-state index is 0.111. The van der Waals surface area contributed by atoms with Crippen molar-refractivity contribution in [1.82, 2.24) is 10.0 Å².